The number of carbonyl (C=O) groups is 2. The highest BCUT2D eigenvalue weighted by Crippen LogP contribution is 2.35. The van der Waals surface area contributed by atoms with Crippen LogP contribution in [-0.4, -0.2) is 48.7 Å². The van der Waals surface area contributed by atoms with E-state index in [1.165, 1.54) is 19.2 Å². The molecule has 3 rings (SSSR count). The monoisotopic (exact) mass is 371 g/mol. The van der Waals surface area contributed by atoms with Crippen LogP contribution in [0.1, 0.15) is 41.6 Å². The van der Waals surface area contributed by atoms with E-state index in [2.05, 4.69) is 0 Å². The zero-order valence-corrected chi connectivity index (χ0v) is 14.3. The molecule has 2 atom stereocenters. The van der Waals surface area contributed by atoms with Crippen LogP contribution in [0.2, 0.25) is 0 Å². The summed E-state index contributed by atoms with van der Waals surface area (Å²) in [5.41, 5.74) is -0.841. The molecule has 1 saturated heterocycles. The highest BCUT2D eigenvalue weighted by atomic mass is 19.4. The van der Waals surface area contributed by atoms with E-state index in [1.807, 2.05) is 0 Å². The molecule has 2 fully saturated rings. The topological polar surface area (TPSA) is 55.8 Å². The number of hydrogen-bond donors (Lipinski definition) is 0. The molecule has 1 heterocycles. The molecule has 8 heteroatoms. The van der Waals surface area contributed by atoms with Gasteiger partial charge in [-0.3, -0.25) is 4.79 Å². The molecular weight excluding hydrogens is 351 g/mol. The predicted octanol–water partition coefficient (Wildman–Crippen LogP) is 3.03. The van der Waals surface area contributed by atoms with Crippen molar-refractivity contribution < 1.29 is 32.2 Å². The van der Waals surface area contributed by atoms with Gasteiger partial charge < -0.3 is 14.4 Å². The van der Waals surface area contributed by atoms with Gasteiger partial charge in [0.2, 0.25) is 0 Å². The van der Waals surface area contributed by atoms with Gasteiger partial charge in [-0.1, -0.05) is 6.07 Å². The van der Waals surface area contributed by atoms with Crippen LogP contribution in [0.15, 0.2) is 24.3 Å². The van der Waals surface area contributed by atoms with E-state index in [0.29, 0.717) is 13.0 Å². The van der Waals surface area contributed by atoms with Crippen LogP contribution < -0.4 is 0 Å². The number of benzene rings is 1. The Balaban J connectivity index is 1.82. The molecule has 0 radical (unpaired) electrons. The fraction of sp³-hybridized carbons (Fsp3) is 0.556. The molecule has 1 aliphatic heterocycles. The Labute approximate surface area is 149 Å². The van der Waals surface area contributed by atoms with Crippen molar-refractivity contribution in [1.82, 2.24) is 4.90 Å². The summed E-state index contributed by atoms with van der Waals surface area (Å²) in [6.45, 7) is 0.295. The molecule has 142 valence electrons. The fourth-order valence-electron chi connectivity index (χ4n) is 3.29. The highest BCUT2D eigenvalue weighted by molar-refractivity contribution is 5.95. The number of methoxy groups -OCH3 is 1. The zero-order valence-electron chi connectivity index (χ0n) is 14.3. The van der Waals surface area contributed by atoms with Crippen LogP contribution in [0.5, 0.6) is 0 Å². The predicted molar refractivity (Wildman–Crippen MR) is 85.4 cm³/mol. The van der Waals surface area contributed by atoms with E-state index in [0.717, 1.165) is 25.0 Å². The molecule has 0 aromatic heterocycles. The molecule has 0 bridgehead atoms. The Morgan fingerprint density at radius 1 is 1.19 bits per heavy atom. The third-order valence-corrected chi connectivity index (χ3v) is 4.73. The molecule has 1 aliphatic carbocycles. The van der Waals surface area contributed by atoms with Crippen LogP contribution >= 0.6 is 0 Å². The number of amides is 1. The lowest BCUT2D eigenvalue weighted by Gasteiger charge is -2.37. The van der Waals surface area contributed by atoms with Crippen molar-refractivity contribution in [3.05, 3.63) is 35.4 Å². The molecule has 0 N–H and O–H groups in total. The van der Waals surface area contributed by atoms with Crippen molar-refractivity contribution in [1.29, 1.82) is 0 Å². The maximum atomic E-state index is 13.0. The first-order valence-corrected chi connectivity index (χ1v) is 8.50. The van der Waals surface area contributed by atoms with Gasteiger partial charge in [0.25, 0.3) is 5.91 Å². The van der Waals surface area contributed by atoms with Crippen molar-refractivity contribution in [2.24, 2.45) is 0 Å². The average Bonchev–Trinajstić information content (AvgIpc) is 3.45. The summed E-state index contributed by atoms with van der Waals surface area (Å²) in [4.78, 5) is 26.3. The first-order chi connectivity index (χ1) is 12.3. The Hall–Kier alpha value is -2.09. The summed E-state index contributed by atoms with van der Waals surface area (Å²) in [5.74, 6) is -0.939. The van der Waals surface area contributed by atoms with Gasteiger partial charge in [0.15, 0.2) is 6.10 Å². The SMILES string of the molecule is COC(=O)C1CC(N(C(=O)c2cccc(C(F)(F)F)c2)C2CC2)CCO1. The van der Waals surface area contributed by atoms with Gasteiger partial charge >= 0.3 is 12.1 Å². The van der Waals surface area contributed by atoms with E-state index >= 15 is 0 Å². The quantitative estimate of drug-likeness (QED) is 0.764. The van der Waals surface area contributed by atoms with Gasteiger partial charge in [0, 0.05) is 30.7 Å². The molecule has 26 heavy (non-hydrogen) atoms. The van der Waals surface area contributed by atoms with E-state index in [4.69, 9.17) is 9.47 Å². The zero-order chi connectivity index (χ0) is 18.9. The second-order valence-electron chi connectivity index (χ2n) is 6.58. The van der Waals surface area contributed by atoms with Gasteiger partial charge in [-0.05, 0) is 37.5 Å². The number of alkyl halides is 3. The molecule has 2 aliphatic rings. The van der Waals surface area contributed by atoms with Gasteiger partial charge in [-0.2, -0.15) is 13.2 Å². The van der Waals surface area contributed by atoms with Crippen molar-refractivity contribution in [3.63, 3.8) is 0 Å². The van der Waals surface area contributed by atoms with E-state index in [1.54, 1.807) is 4.90 Å². The molecule has 0 spiro atoms. The van der Waals surface area contributed by atoms with Crippen molar-refractivity contribution >= 4 is 11.9 Å². The summed E-state index contributed by atoms with van der Waals surface area (Å²) < 4.78 is 48.9. The molecule has 1 amide bonds. The van der Waals surface area contributed by atoms with E-state index < -0.39 is 29.7 Å². The number of carbonyl (C=O) groups excluding carboxylic acids is 2. The van der Waals surface area contributed by atoms with Crippen molar-refractivity contribution in [3.8, 4) is 0 Å². The molecule has 2 unspecified atom stereocenters. The largest absolute Gasteiger partial charge is 0.467 e. The summed E-state index contributed by atoms with van der Waals surface area (Å²) in [6, 6.07) is 4.20. The van der Waals surface area contributed by atoms with Gasteiger partial charge in [0.1, 0.15) is 0 Å². The van der Waals surface area contributed by atoms with Crippen molar-refractivity contribution in [2.45, 2.75) is 50.0 Å². The Morgan fingerprint density at radius 3 is 2.54 bits per heavy atom. The third-order valence-electron chi connectivity index (χ3n) is 4.73. The molecular formula is C18H20F3NO4. The summed E-state index contributed by atoms with van der Waals surface area (Å²) in [5, 5.41) is 0. The summed E-state index contributed by atoms with van der Waals surface area (Å²) in [6.07, 6.45) is -2.82. The maximum Gasteiger partial charge on any atom is 0.416 e. The fourth-order valence-corrected chi connectivity index (χ4v) is 3.29. The Bertz CT molecular complexity index is 687. The van der Waals surface area contributed by atoms with Gasteiger partial charge in [0.05, 0.1) is 12.7 Å². The Morgan fingerprint density at radius 2 is 1.92 bits per heavy atom. The minimum absolute atomic E-state index is 0.00144. The number of ether oxygens (including phenoxy) is 2. The number of hydrogen-bond acceptors (Lipinski definition) is 4. The molecule has 1 saturated carbocycles. The first kappa shape index (κ1) is 18.7. The minimum Gasteiger partial charge on any atom is -0.467 e. The van der Waals surface area contributed by atoms with E-state index in [-0.39, 0.29) is 24.1 Å². The van der Waals surface area contributed by atoms with Crippen LogP contribution in [0, 0.1) is 0 Å². The number of nitrogens with zero attached hydrogens (tertiary/aromatic N) is 1. The smallest absolute Gasteiger partial charge is 0.416 e. The Kier molecular flexibility index (Phi) is 5.22. The molecule has 5 nitrogen and oxygen atoms in total. The maximum absolute atomic E-state index is 13.0. The lowest BCUT2D eigenvalue weighted by atomic mass is 9.99. The van der Waals surface area contributed by atoms with Crippen LogP contribution in [0.4, 0.5) is 13.2 Å². The van der Waals surface area contributed by atoms with Gasteiger partial charge in [-0.15, -0.1) is 0 Å². The van der Waals surface area contributed by atoms with Crippen LogP contribution in [0.25, 0.3) is 0 Å². The molecule has 1 aromatic carbocycles. The number of rotatable bonds is 4. The molecule has 1 aromatic rings. The lowest BCUT2D eigenvalue weighted by Crippen LogP contribution is -2.48. The number of esters is 1. The number of halogens is 3. The second kappa shape index (κ2) is 7.26. The van der Waals surface area contributed by atoms with Gasteiger partial charge in [-0.25, -0.2) is 4.79 Å². The normalized spacial score (nSPS) is 23.4. The standard InChI is InChI=1S/C18H20F3NO4/c1-25-17(24)15-10-14(7-8-26-15)22(13-5-6-13)16(23)11-3-2-4-12(9-11)18(19,20)21/h2-4,9,13-15H,5-8,10H2,1H3. The average molecular weight is 371 g/mol. The first-order valence-electron chi connectivity index (χ1n) is 8.50. The second-order valence-corrected chi connectivity index (χ2v) is 6.58. The van der Waals surface area contributed by atoms with Crippen LogP contribution in [-0.2, 0) is 20.4 Å². The highest BCUT2D eigenvalue weighted by Gasteiger charge is 2.42. The third kappa shape index (κ3) is 4.00. The summed E-state index contributed by atoms with van der Waals surface area (Å²) in [7, 11) is 1.27. The lowest BCUT2D eigenvalue weighted by molar-refractivity contribution is -0.159. The minimum atomic E-state index is -4.50. The van der Waals surface area contributed by atoms with E-state index in [9.17, 15) is 22.8 Å². The van der Waals surface area contributed by atoms with Crippen LogP contribution in [0.3, 0.4) is 0 Å². The van der Waals surface area contributed by atoms with Crippen molar-refractivity contribution in [2.75, 3.05) is 13.7 Å². The summed E-state index contributed by atoms with van der Waals surface area (Å²) >= 11 is 0.